The fourth-order valence-electron chi connectivity index (χ4n) is 2.70. The Balaban J connectivity index is 2.40. The molecular weight excluding hydrogens is 402 g/mol. The lowest BCUT2D eigenvalue weighted by Gasteiger charge is -2.28. The summed E-state index contributed by atoms with van der Waals surface area (Å²) in [4.78, 5) is 23.2. The molecule has 1 atom stereocenters. The van der Waals surface area contributed by atoms with Crippen molar-refractivity contribution in [2.75, 3.05) is 30.1 Å². The second-order valence-electron chi connectivity index (χ2n) is 6.07. The Morgan fingerprint density at radius 2 is 1.86 bits per heavy atom. The Hall–Kier alpha value is -3.34. The Morgan fingerprint density at radius 3 is 2.41 bits per heavy atom. The molecule has 1 N–H and O–H groups in total. The first-order valence-corrected chi connectivity index (χ1v) is 10.2. The smallest absolute Gasteiger partial charge is 0.271 e. The average Bonchev–Trinajstić information content (AvgIpc) is 2.66. The number of rotatable bonds is 8. The summed E-state index contributed by atoms with van der Waals surface area (Å²) >= 11 is 0. The van der Waals surface area contributed by atoms with E-state index in [2.05, 4.69) is 5.32 Å². The maximum absolute atomic E-state index is 12.8. The van der Waals surface area contributed by atoms with Crippen molar-refractivity contribution >= 4 is 33.0 Å². The highest BCUT2D eigenvalue weighted by atomic mass is 32.2. The zero-order chi connectivity index (χ0) is 21.8. The molecule has 0 aliphatic heterocycles. The number of anilines is 2. The van der Waals surface area contributed by atoms with Gasteiger partial charge in [-0.25, -0.2) is 8.42 Å². The third kappa shape index (κ3) is 5.13. The number of nitro benzene ring substituents is 1. The molecule has 29 heavy (non-hydrogen) atoms. The van der Waals surface area contributed by atoms with E-state index in [0.29, 0.717) is 5.75 Å². The topological polar surface area (TPSA) is 128 Å². The number of carbonyl (C=O) groups excluding carboxylic acids is 1. The number of nitrogens with zero attached hydrogens (tertiary/aromatic N) is 2. The zero-order valence-electron chi connectivity index (χ0n) is 16.3. The lowest BCUT2D eigenvalue weighted by molar-refractivity contribution is -0.384. The number of benzene rings is 2. The van der Waals surface area contributed by atoms with Crippen molar-refractivity contribution < 1.29 is 27.6 Å². The number of carbonyl (C=O) groups is 1. The summed E-state index contributed by atoms with van der Waals surface area (Å²) in [5.41, 5.74) is 0.0414. The Bertz CT molecular complexity index is 1020. The maximum atomic E-state index is 12.8. The normalized spacial score (nSPS) is 12.0. The van der Waals surface area contributed by atoms with Crippen molar-refractivity contribution in [2.24, 2.45) is 0 Å². The van der Waals surface area contributed by atoms with E-state index in [1.54, 1.807) is 12.1 Å². The number of non-ortho nitro benzene ring substituents is 1. The summed E-state index contributed by atoms with van der Waals surface area (Å²) in [6, 6.07) is 8.80. The van der Waals surface area contributed by atoms with Crippen molar-refractivity contribution in [3.63, 3.8) is 0 Å². The van der Waals surface area contributed by atoms with E-state index in [4.69, 9.17) is 9.47 Å². The number of nitrogens with one attached hydrogen (secondary N) is 1. The fourth-order valence-corrected chi connectivity index (χ4v) is 3.87. The van der Waals surface area contributed by atoms with Crippen LogP contribution in [-0.2, 0) is 14.8 Å². The number of methoxy groups -OCH3 is 2. The molecule has 0 radical (unpaired) electrons. The average molecular weight is 423 g/mol. The molecule has 2 rings (SSSR count). The Labute approximate surface area is 168 Å². The van der Waals surface area contributed by atoms with Crippen LogP contribution in [0.5, 0.6) is 11.5 Å². The quantitative estimate of drug-likeness (QED) is 0.510. The third-order valence-corrected chi connectivity index (χ3v) is 5.29. The summed E-state index contributed by atoms with van der Waals surface area (Å²) in [5.74, 6) is -0.0791. The van der Waals surface area contributed by atoms with Gasteiger partial charge in [0, 0.05) is 18.2 Å². The van der Waals surface area contributed by atoms with Crippen molar-refractivity contribution in [1.82, 2.24) is 0 Å². The summed E-state index contributed by atoms with van der Waals surface area (Å²) in [7, 11) is -1.05. The third-order valence-electron chi connectivity index (χ3n) is 4.05. The lowest BCUT2D eigenvalue weighted by Crippen LogP contribution is -2.45. The van der Waals surface area contributed by atoms with Gasteiger partial charge in [-0.3, -0.25) is 19.2 Å². The summed E-state index contributed by atoms with van der Waals surface area (Å²) in [6.07, 6.45) is 0.976. The first-order valence-electron chi connectivity index (χ1n) is 8.35. The SMILES string of the molecule is COc1cccc(N(C(C)C(=O)Nc2cc([N+](=O)[O-])ccc2OC)S(C)(=O)=O)c1. The Morgan fingerprint density at radius 1 is 1.17 bits per heavy atom. The standard InChI is InChI=1S/C18H21N3O7S/c1-12(20(29(4,25)26)13-6-5-7-15(10-13)27-2)18(22)19-16-11-14(21(23)24)8-9-17(16)28-3/h5-12H,1-4H3,(H,19,22). The Kier molecular flexibility index (Phi) is 6.64. The number of amides is 1. The largest absolute Gasteiger partial charge is 0.497 e. The number of sulfonamides is 1. The van der Waals surface area contributed by atoms with Gasteiger partial charge >= 0.3 is 0 Å². The summed E-state index contributed by atoms with van der Waals surface area (Å²) in [6.45, 7) is 1.40. The molecule has 0 bridgehead atoms. The molecule has 0 heterocycles. The van der Waals surface area contributed by atoms with Gasteiger partial charge < -0.3 is 14.8 Å². The van der Waals surface area contributed by atoms with E-state index >= 15 is 0 Å². The second kappa shape index (κ2) is 8.78. The van der Waals surface area contributed by atoms with Crippen LogP contribution in [0.4, 0.5) is 17.1 Å². The van der Waals surface area contributed by atoms with Crippen LogP contribution in [-0.4, -0.2) is 45.8 Å². The van der Waals surface area contributed by atoms with Crippen LogP contribution in [0.2, 0.25) is 0 Å². The minimum atomic E-state index is -3.84. The number of hydrogen-bond donors (Lipinski definition) is 1. The molecular formula is C18H21N3O7S. The van der Waals surface area contributed by atoms with Crippen molar-refractivity contribution in [3.05, 3.63) is 52.6 Å². The zero-order valence-corrected chi connectivity index (χ0v) is 17.1. The van der Waals surface area contributed by atoms with E-state index in [1.807, 2.05) is 0 Å². The van der Waals surface area contributed by atoms with Crippen molar-refractivity contribution in [1.29, 1.82) is 0 Å². The van der Waals surface area contributed by atoms with Gasteiger partial charge in [-0.05, 0) is 25.1 Å². The predicted octanol–water partition coefficient (Wildman–Crippen LogP) is 2.41. The fraction of sp³-hybridized carbons (Fsp3) is 0.278. The van der Waals surface area contributed by atoms with Gasteiger partial charge in [-0.2, -0.15) is 0 Å². The van der Waals surface area contributed by atoms with E-state index in [1.165, 1.54) is 45.4 Å². The van der Waals surface area contributed by atoms with Crippen LogP contribution in [0.3, 0.4) is 0 Å². The van der Waals surface area contributed by atoms with Crippen LogP contribution in [0.15, 0.2) is 42.5 Å². The van der Waals surface area contributed by atoms with E-state index in [0.717, 1.165) is 16.6 Å². The second-order valence-corrected chi connectivity index (χ2v) is 7.93. The van der Waals surface area contributed by atoms with E-state index in [-0.39, 0.29) is 22.8 Å². The number of nitro groups is 1. The van der Waals surface area contributed by atoms with Crippen molar-refractivity contribution in [3.8, 4) is 11.5 Å². The van der Waals surface area contributed by atoms with Crippen LogP contribution in [0.25, 0.3) is 0 Å². The van der Waals surface area contributed by atoms with Gasteiger partial charge in [0.25, 0.3) is 5.69 Å². The van der Waals surface area contributed by atoms with Gasteiger partial charge in [0.05, 0.1) is 36.8 Å². The first kappa shape index (κ1) is 22.0. The number of hydrogen-bond acceptors (Lipinski definition) is 7. The van der Waals surface area contributed by atoms with Gasteiger partial charge in [0.2, 0.25) is 15.9 Å². The molecule has 1 amide bonds. The molecule has 2 aromatic rings. The minimum absolute atomic E-state index is 0.0534. The highest BCUT2D eigenvalue weighted by Gasteiger charge is 2.30. The molecule has 0 fully saturated rings. The summed E-state index contributed by atoms with van der Waals surface area (Å²) in [5, 5.41) is 13.5. The number of ether oxygens (including phenoxy) is 2. The van der Waals surface area contributed by atoms with E-state index in [9.17, 15) is 23.3 Å². The molecule has 0 saturated heterocycles. The molecule has 156 valence electrons. The monoisotopic (exact) mass is 423 g/mol. The molecule has 0 aliphatic carbocycles. The van der Waals surface area contributed by atoms with Crippen molar-refractivity contribution in [2.45, 2.75) is 13.0 Å². The molecule has 2 aromatic carbocycles. The molecule has 1 unspecified atom stereocenters. The molecule has 0 aromatic heterocycles. The van der Waals surface area contributed by atoms with Gasteiger partial charge in [-0.15, -0.1) is 0 Å². The molecule has 0 spiro atoms. The highest BCUT2D eigenvalue weighted by molar-refractivity contribution is 7.92. The first-order chi connectivity index (χ1) is 13.6. The van der Waals surface area contributed by atoms with Crippen LogP contribution in [0, 0.1) is 10.1 Å². The molecule has 10 nitrogen and oxygen atoms in total. The van der Waals surface area contributed by atoms with Crippen LogP contribution < -0.4 is 19.1 Å². The lowest BCUT2D eigenvalue weighted by atomic mass is 10.2. The van der Waals surface area contributed by atoms with Gasteiger partial charge in [-0.1, -0.05) is 6.07 Å². The molecule has 0 aliphatic rings. The van der Waals surface area contributed by atoms with Crippen LogP contribution in [0.1, 0.15) is 6.92 Å². The summed E-state index contributed by atoms with van der Waals surface area (Å²) < 4.78 is 35.9. The maximum Gasteiger partial charge on any atom is 0.271 e. The van der Waals surface area contributed by atoms with Gasteiger partial charge in [0.15, 0.2) is 0 Å². The predicted molar refractivity (Wildman–Crippen MR) is 108 cm³/mol. The molecule has 11 heteroatoms. The minimum Gasteiger partial charge on any atom is -0.497 e. The van der Waals surface area contributed by atoms with Crippen LogP contribution >= 0.6 is 0 Å². The highest BCUT2D eigenvalue weighted by Crippen LogP contribution is 2.30. The molecule has 0 saturated carbocycles. The van der Waals surface area contributed by atoms with E-state index < -0.39 is 26.9 Å². The van der Waals surface area contributed by atoms with Gasteiger partial charge in [0.1, 0.15) is 17.5 Å².